The first-order valence-corrected chi connectivity index (χ1v) is 13.5. The second kappa shape index (κ2) is 15.9. The predicted molar refractivity (Wildman–Crippen MR) is 139 cm³/mol. The second-order valence-corrected chi connectivity index (χ2v) is 11.9. The Balaban J connectivity index is 2.22. The molecule has 1 heterocycles. The normalized spacial score (nSPS) is 17.9. The fraction of sp³-hybridized carbons (Fsp3) is 0.880. The Morgan fingerprint density at radius 2 is 1.75 bits per heavy atom. The summed E-state index contributed by atoms with van der Waals surface area (Å²) in [6.45, 7) is 12.8. The van der Waals surface area contributed by atoms with Gasteiger partial charge < -0.3 is 34.7 Å². The summed E-state index contributed by atoms with van der Waals surface area (Å²) in [5.41, 5.74) is -0.662. The van der Waals surface area contributed by atoms with E-state index in [-0.39, 0.29) is 48.3 Å². The molecule has 0 aromatic heterocycles. The Kier molecular flexibility index (Phi) is 14.5. The van der Waals surface area contributed by atoms with Crippen molar-refractivity contribution in [3.05, 3.63) is 0 Å². The number of nitrogens with one attached hydrogen (secondary N) is 2. The first kappa shape index (κ1) is 32.8. The monoisotopic (exact) mass is 534 g/mol. The summed E-state index contributed by atoms with van der Waals surface area (Å²) in [6.07, 6.45) is 0.731. The van der Waals surface area contributed by atoms with Crippen molar-refractivity contribution in [3.63, 3.8) is 0 Å². The maximum atomic E-state index is 12.6. The van der Waals surface area contributed by atoms with Gasteiger partial charge in [0, 0.05) is 43.0 Å². The molecule has 1 aliphatic rings. The highest BCUT2D eigenvalue weighted by Gasteiger charge is 2.42. The Labute approximate surface area is 219 Å². The molecule has 210 valence electrons. The quantitative estimate of drug-likeness (QED) is 0.187. The average molecular weight is 535 g/mol. The minimum absolute atomic E-state index is 0.0339. The molecule has 11 heteroatoms. The van der Waals surface area contributed by atoms with Gasteiger partial charge in [0.2, 0.25) is 0 Å². The summed E-state index contributed by atoms with van der Waals surface area (Å²) in [4.78, 5) is 35.2. The minimum atomic E-state index is -1.08. The van der Waals surface area contributed by atoms with E-state index < -0.39 is 17.3 Å². The topological polar surface area (TPSA) is 132 Å². The molecular weight excluding hydrogens is 488 g/mol. The van der Waals surface area contributed by atoms with Crippen molar-refractivity contribution >= 4 is 28.8 Å². The van der Waals surface area contributed by atoms with Gasteiger partial charge in [-0.3, -0.25) is 14.4 Å². The van der Waals surface area contributed by atoms with Crippen LogP contribution in [0.4, 0.5) is 0 Å². The molecule has 0 saturated carbocycles. The molecule has 0 aromatic rings. The van der Waals surface area contributed by atoms with Crippen molar-refractivity contribution in [1.82, 2.24) is 10.6 Å². The molecule has 0 amide bonds. The van der Waals surface area contributed by atoms with Crippen LogP contribution in [0.15, 0.2) is 0 Å². The molecule has 0 aromatic carbocycles. The fourth-order valence-corrected chi connectivity index (χ4v) is 4.13. The number of rotatable bonds is 17. The molecule has 1 aliphatic heterocycles. The summed E-state index contributed by atoms with van der Waals surface area (Å²) in [5.74, 6) is -1.17. The van der Waals surface area contributed by atoms with E-state index >= 15 is 0 Å². The van der Waals surface area contributed by atoms with Gasteiger partial charge in [0.05, 0.1) is 45.9 Å². The molecule has 36 heavy (non-hydrogen) atoms. The van der Waals surface area contributed by atoms with Gasteiger partial charge in [-0.1, -0.05) is 39.5 Å². The lowest BCUT2D eigenvalue weighted by atomic mass is 9.87. The largest absolute Gasteiger partial charge is 0.469 e. The lowest BCUT2D eigenvalue weighted by Gasteiger charge is -2.43. The van der Waals surface area contributed by atoms with E-state index in [1.807, 2.05) is 27.7 Å². The maximum Gasteiger partial charge on any atom is 0.305 e. The molecule has 0 bridgehead atoms. The first-order chi connectivity index (χ1) is 16.8. The summed E-state index contributed by atoms with van der Waals surface area (Å²) in [6, 6.07) is 0. The fourth-order valence-electron chi connectivity index (χ4n) is 3.34. The lowest BCUT2D eigenvalue weighted by Crippen LogP contribution is -2.48. The van der Waals surface area contributed by atoms with E-state index in [4.69, 9.17) is 18.9 Å². The van der Waals surface area contributed by atoms with Crippen molar-refractivity contribution in [3.8, 4) is 0 Å². The number of hydrogen-bond acceptors (Lipinski definition) is 11. The number of hydrogen-bond donors (Lipinski definition) is 3. The number of esters is 2. The zero-order chi connectivity index (χ0) is 27.2. The lowest BCUT2D eigenvalue weighted by molar-refractivity contribution is -0.300. The average Bonchev–Trinajstić information content (AvgIpc) is 2.81. The zero-order valence-corrected chi connectivity index (χ0v) is 23.6. The van der Waals surface area contributed by atoms with Crippen LogP contribution in [0.3, 0.4) is 0 Å². The Hall–Kier alpha value is -1.24. The molecule has 0 unspecified atom stereocenters. The van der Waals surface area contributed by atoms with Gasteiger partial charge in [0.25, 0.3) is 0 Å². The highest BCUT2D eigenvalue weighted by Crippen LogP contribution is 2.36. The van der Waals surface area contributed by atoms with E-state index in [1.54, 1.807) is 0 Å². The summed E-state index contributed by atoms with van der Waals surface area (Å²) >= 11 is 1.23. The van der Waals surface area contributed by atoms with Gasteiger partial charge >= 0.3 is 11.9 Å². The summed E-state index contributed by atoms with van der Waals surface area (Å²) in [5, 5.41) is 16.8. The smallest absolute Gasteiger partial charge is 0.305 e. The predicted octanol–water partition coefficient (Wildman–Crippen LogP) is 1.88. The number of aliphatic hydroxyl groups is 1. The number of methoxy groups -OCH3 is 1. The SMILES string of the molecule is COC(=O)CCC1(CC(=O)SCCNCCCNC[C@H](O)C(C)(C)COC(C)=O)OCC(C)(C)CO1. The van der Waals surface area contributed by atoms with Gasteiger partial charge in [-0.25, -0.2) is 0 Å². The van der Waals surface area contributed by atoms with Crippen molar-refractivity contribution in [2.75, 3.05) is 58.9 Å². The van der Waals surface area contributed by atoms with E-state index in [2.05, 4.69) is 10.6 Å². The molecule has 0 aliphatic carbocycles. The number of thioether (sulfide) groups is 1. The third-order valence-electron chi connectivity index (χ3n) is 5.94. The van der Waals surface area contributed by atoms with Gasteiger partial charge in [-0.2, -0.15) is 0 Å². The number of ether oxygens (including phenoxy) is 4. The number of carbonyl (C=O) groups is 3. The van der Waals surface area contributed by atoms with Crippen LogP contribution >= 0.6 is 11.8 Å². The summed E-state index contributed by atoms with van der Waals surface area (Å²) in [7, 11) is 1.34. The van der Waals surface area contributed by atoms with Crippen molar-refractivity contribution in [2.24, 2.45) is 10.8 Å². The van der Waals surface area contributed by atoms with Crippen LogP contribution < -0.4 is 10.6 Å². The van der Waals surface area contributed by atoms with Crippen LogP contribution in [0, 0.1) is 10.8 Å². The highest BCUT2D eigenvalue weighted by molar-refractivity contribution is 8.13. The van der Waals surface area contributed by atoms with Crippen LogP contribution in [0.5, 0.6) is 0 Å². The molecule has 1 atom stereocenters. The Bertz CT molecular complexity index is 692. The summed E-state index contributed by atoms with van der Waals surface area (Å²) < 4.78 is 21.7. The molecule has 1 rings (SSSR count). The van der Waals surface area contributed by atoms with Crippen molar-refractivity contribution in [2.45, 2.75) is 72.2 Å². The number of aliphatic hydroxyl groups excluding tert-OH is 1. The van der Waals surface area contributed by atoms with E-state index in [0.717, 1.165) is 19.5 Å². The Morgan fingerprint density at radius 3 is 2.36 bits per heavy atom. The standard InChI is InChI=1S/C25H46N2O8S/c1-19(28)33-18-24(4,5)20(29)15-27-11-7-10-26-12-13-36-22(31)14-25(9-8-21(30)32-6)34-16-23(2,3)17-35-25/h20,26-27,29H,7-18H2,1-6H3/t20-/m0/s1. The molecule has 1 fully saturated rings. The molecule has 3 N–H and O–H groups in total. The highest BCUT2D eigenvalue weighted by atomic mass is 32.2. The van der Waals surface area contributed by atoms with Crippen LogP contribution in [0.2, 0.25) is 0 Å². The molecule has 1 saturated heterocycles. The maximum absolute atomic E-state index is 12.6. The second-order valence-electron chi connectivity index (χ2n) is 10.7. The van der Waals surface area contributed by atoms with Crippen molar-refractivity contribution < 1.29 is 38.4 Å². The number of carbonyl (C=O) groups excluding carboxylic acids is 3. The van der Waals surface area contributed by atoms with Crippen LogP contribution in [-0.2, 0) is 33.3 Å². The first-order valence-electron chi connectivity index (χ1n) is 12.5. The van der Waals surface area contributed by atoms with E-state index in [9.17, 15) is 19.5 Å². The molecule has 10 nitrogen and oxygen atoms in total. The molecule has 0 spiro atoms. The van der Waals surface area contributed by atoms with E-state index in [1.165, 1.54) is 25.8 Å². The van der Waals surface area contributed by atoms with Gasteiger partial charge in [-0.15, -0.1) is 0 Å². The van der Waals surface area contributed by atoms with Crippen LogP contribution in [0.1, 0.15) is 60.3 Å². The molecule has 0 radical (unpaired) electrons. The van der Waals surface area contributed by atoms with E-state index in [0.29, 0.717) is 32.1 Å². The third-order valence-corrected chi connectivity index (χ3v) is 6.81. The van der Waals surface area contributed by atoms with Gasteiger partial charge in [-0.05, 0) is 19.5 Å². The Morgan fingerprint density at radius 1 is 1.11 bits per heavy atom. The minimum Gasteiger partial charge on any atom is -0.469 e. The molecular formula is C25H46N2O8S. The van der Waals surface area contributed by atoms with Crippen molar-refractivity contribution in [1.29, 1.82) is 0 Å². The van der Waals surface area contributed by atoms with Gasteiger partial charge in [0.15, 0.2) is 10.9 Å². The van der Waals surface area contributed by atoms with Crippen LogP contribution in [-0.4, -0.2) is 92.9 Å². The van der Waals surface area contributed by atoms with Gasteiger partial charge in [0.1, 0.15) is 0 Å². The third kappa shape index (κ3) is 13.3. The zero-order valence-electron chi connectivity index (χ0n) is 22.8. The van der Waals surface area contributed by atoms with Crippen LogP contribution in [0.25, 0.3) is 0 Å².